The van der Waals surface area contributed by atoms with E-state index in [2.05, 4.69) is 9.97 Å². The predicted molar refractivity (Wildman–Crippen MR) is 83.0 cm³/mol. The average molecular weight is 299 g/mol. The van der Waals surface area contributed by atoms with E-state index in [4.69, 9.17) is 19.6 Å². The summed E-state index contributed by atoms with van der Waals surface area (Å²) in [6, 6.07) is 3.83. The van der Waals surface area contributed by atoms with Crippen LogP contribution in [0.1, 0.15) is 18.0 Å². The van der Waals surface area contributed by atoms with Crippen LogP contribution in [-0.4, -0.2) is 29.3 Å². The largest absolute Gasteiger partial charge is 0.484 e. The molecule has 0 bridgehead atoms. The highest BCUT2D eigenvalue weighted by Crippen LogP contribution is 2.37. The molecule has 0 unspecified atom stereocenters. The first-order valence-corrected chi connectivity index (χ1v) is 7.33. The Bertz CT molecular complexity index is 866. The summed E-state index contributed by atoms with van der Waals surface area (Å²) in [5.41, 5.74) is 7.57. The summed E-state index contributed by atoms with van der Waals surface area (Å²) in [5.74, 6) is 2.58. The van der Waals surface area contributed by atoms with Crippen molar-refractivity contribution < 1.29 is 13.9 Å². The number of anilines is 1. The van der Waals surface area contributed by atoms with Crippen LogP contribution in [0.2, 0.25) is 0 Å². The average Bonchev–Trinajstić information content (AvgIpc) is 3.09. The zero-order valence-corrected chi connectivity index (χ0v) is 12.5. The van der Waals surface area contributed by atoms with Crippen LogP contribution in [0.3, 0.4) is 0 Å². The number of aryl methyl sites for hydroxylation is 2. The third-order valence-corrected chi connectivity index (χ3v) is 3.88. The summed E-state index contributed by atoms with van der Waals surface area (Å²) in [4.78, 5) is 8.76. The first-order valence-electron chi connectivity index (χ1n) is 7.33. The summed E-state index contributed by atoms with van der Waals surface area (Å²) in [6.45, 7) is 5.06. The number of furan rings is 1. The molecule has 114 valence electrons. The van der Waals surface area contributed by atoms with Gasteiger partial charge < -0.3 is 19.6 Å². The highest BCUT2D eigenvalue weighted by Gasteiger charge is 2.22. The van der Waals surface area contributed by atoms with Gasteiger partial charge in [-0.1, -0.05) is 0 Å². The van der Waals surface area contributed by atoms with E-state index >= 15 is 0 Å². The molecular formula is C16H17N3O3. The van der Waals surface area contributed by atoms with Crippen molar-refractivity contribution in [1.29, 1.82) is 0 Å². The number of benzene rings is 1. The van der Waals surface area contributed by atoms with Gasteiger partial charge in [-0.15, -0.1) is 0 Å². The van der Waals surface area contributed by atoms with Crippen molar-refractivity contribution in [2.75, 3.05) is 18.9 Å². The maximum Gasteiger partial charge on any atom is 0.178 e. The minimum atomic E-state index is 0.0404. The van der Waals surface area contributed by atoms with Crippen molar-refractivity contribution in [3.63, 3.8) is 0 Å². The number of hydrogen-bond acceptors (Lipinski definition) is 6. The normalized spacial score (nSPS) is 18.4. The van der Waals surface area contributed by atoms with E-state index in [-0.39, 0.29) is 6.10 Å². The quantitative estimate of drug-likeness (QED) is 0.783. The second-order valence-electron chi connectivity index (χ2n) is 5.63. The van der Waals surface area contributed by atoms with Crippen LogP contribution in [-0.2, 0) is 4.74 Å². The highest BCUT2D eigenvalue weighted by atomic mass is 16.5. The molecule has 1 atom stereocenters. The lowest BCUT2D eigenvalue weighted by Gasteiger charge is -2.13. The molecule has 22 heavy (non-hydrogen) atoms. The topological polar surface area (TPSA) is 83.4 Å². The van der Waals surface area contributed by atoms with Gasteiger partial charge in [0.25, 0.3) is 0 Å². The lowest BCUT2D eigenvalue weighted by molar-refractivity contribution is 0.141. The van der Waals surface area contributed by atoms with Gasteiger partial charge in [0.05, 0.1) is 24.1 Å². The van der Waals surface area contributed by atoms with E-state index in [1.807, 2.05) is 26.0 Å². The fourth-order valence-corrected chi connectivity index (χ4v) is 2.89. The van der Waals surface area contributed by atoms with Crippen molar-refractivity contribution in [3.8, 4) is 5.75 Å². The second kappa shape index (κ2) is 4.84. The van der Waals surface area contributed by atoms with Crippen LogP contribution >= 0.6 is 0 Å². The number of rotatable bonds is 2. The van der Waals surface area contributed by atoms with Crippen molar-refractivity contribution >= 4 is 27.7 Å². The first-order chi connectivity index (χ1) is 10.6. The molecule has 6 nitrogen and oxygen atoms in total. The van der Waals surface area contributed by atoms with Crippen LogP contribution in [0.25, 0.3) is 21.9 Å². The minimum absolute atomic E-state index is 0.0404. The number of hydrogen-bond donors (Lipinski definition) is 1. The Morgan fingerprint density at radius 3 is 2.86 bits per heavy atom. The lowest BCUT2D eigenvalue weighted by Crippen LogP contribution is -2.15. The van der Waals surface area contributed by atoms with Gasteiger partial charge in [0, 0.05) is 11.8 Å². The number of nitrogen functional groups attached to an aromatic ring is 1. The van der Waals surface area contributed by atoms with E-state index in [9.17, 15) is 0 Å². The first kappa shape index (κ1) is 13.3. The van der Waals surface area contributed by atoms with Crippen LogP contribution in [0, 0.1) is 13.8 Å². The molecule has 2 aromatic heterocycles. The molecule has 0 saturated carbocycles. The molecule has 6 heteroatoms. The molecule has 1 fully saturated rings. The molecule has 1 aliphatic heterocycles. The van der Waals surface area contributed by atoms with Crippen molar-refractivity contribution in [2.45, 2.75) is 26.4 Å². The third kappa shape index (κ3) is 2.07. The molecule has 0 amide bonds. The lowest BCUT2D eigenvalue weighted by atomic mass is 10.1. The number of nitrogens with two attached hydrogens (primary N) is 1. The maximum absolute atomic E-state index is 6.07. The van der Waals surface area contributed by atoms with E-state index in [0.29, 0.717) is 29.6 Å². The summed E-state index contributed by atoms with van der Waals surface area (Å²) < 4.78 is 17.3. The van der Waals surface area contributed by atoms with Crippen LogP contribution in [0.15, 0.2) is 16.5 Å². The Kier molecular flexibility index (Phi) is 2.94. The zero-order valence-electron chi connectivity index (χ0n) is 12.5. The summed E-state index contributed by atoms with van der Waals surface area (Å²) in [5, 5.41) is 1.69. The molecule has 1 aliphatic rings. The number of nitrogens with zero attached hydrogens (tertiary/aromatic N) is 2. The third-order valence-electron chi connectivity index (χ3n) is 3.88. The monoisotopic (exact) mass is 299 g/mol. The molecule has 3 heterocycles. The zero-order chi connectivity index (χ0) is 15.3. The molecule has 0 radical (unpaired) electrons. The molecular weight excluding hydrogens is 282 g/mol. The van der Waals surface area contributed by atoms with E-state index in [1.54, 1.807) is 0 Å². The highest BCUT2D eigenvalue weighted by molar-refractivity contribution is 6.09. The molecule has 4 rings (SSSR count). The SMILES string of the molecule is Cc1nc(N)c2cc(O[C@H]3CCOC3)c3oc(C)cc3c2n1. The molecule has 2 N–H and O–H groups in total. The van der Waals surface area contributed by atoms with Gasteiger partial charge in [-0.3, -0.25) is 0 Å². The van der Waals surface area contributed by atoms with Crippen molar-refractivity contribution in [2.24, 2.45) is 0 Å². The smallest absolute Gasteiger partial charge is 0.178 e. The summed E-state index contributed by atoms with van der Waals surface area (Å²) in [6.07, 6.45) is 0.915. The Hall–Kier alpha value is -2.34. The second-order valence-corrected chi connectivity index (χ2v) is 5.63. The minimum Gasteiger partial charge on any atom is -0.484 e. The Labute approximate surface area is 127 Å². The molecule has 1 saturated heterocycles. The van der Waals surface area contributed by atoms with E-state index < -0.39 is 0 Å². The van der Waals surface area contributed by atoms with E-state index in [0.717, 1.165) is 35.1 Å². The summed E-state index contributed by atoms with van der Waals surface area (Å²) in [7, 11) is 0. The van der Waals surface area contributed by atoms with Crippen molar-refractivity contribution in [1.82, 2.24) is 9.97 Å². The van der Waals surface area contributed by atoms with Gasteiger partial charge in [-0.05, 0) is 26.0 Å². The summed E-state index contributed by atoms with van der Waals surface area (Å²) >= 11 is 0. The van der Waals surface area contributed by atoms with Gasteiger partial charge in [-0.2, -0.15) is 0 Å². The Morgan fingerprint density at radius 2 is 2.09 bits per heavy atom. The number of ether oxygens (including phenoxy) is 2. The Morgan fingerprint density at radius 1 is 1.23 bits per heavy atom. The number of fused-ring (bicyclic) bond motifs is 3. The molecule has 0 spiro atoms. The van der Waals surface area contributed by atoms with Gasteiger partial charge in [0.15, 0.2) is 11.3 Å². The Balaban J connectivity index is 1.97. The van der Waals surface area contributed by atoms with Crippen LogP contribution in [0.4, 0.5) is 5.82 Å². The van der Waals surface area contributed by atoms with Gasteiger partial charge in [-0.25, -0.2) is 9.97 Å². The molecule has 3 aromatic rings. The fourth-order valence-electron chi connectivity index (χ4n) is 2.89. The van der Waals surface area contributed by atoms with E-state index in [1.165, 1.54) is 0 Å². The maximum atomic E-state index is 6.07. The van der Waals surface area contributed by atoms with Crippen LogP contribution < -0.4 is 10.5 Å². The molecule has 1 aromatic carbocycles. The standard InChI is InChI=1S/C16H17N3O3/c1-8-5-11-14-12(16(17)19-9(2)18-14)6-13(15(11)21-8)22-10-3-4-20-7-10/h5-6,10H,3-4,7H2,1-2H3,(H2,17,18,19)/t10-/m0/s1. The fraction of sp³-hybridized carbons (Fsp3) is 0.375. The van der Waals surface area contributed by atoms with Crippen molar-refractivity contribution in [3.05, 3.63) is 23.7 Å². The molecule has 0 aliphatic carbocycles. The predicted octanol–water partition coefficient (Wildman–Crippen LogP) is 2.74. The van der Waals surface area contributed by atoms with Gasteiger partial charge in [0.2, 0.25) is 0 Å². The van der Waals surface area contributed by atoms with Gasteiger partial charge >= 0.3 is 0 Å². The van der Waals surface area contributed by atoms with Crippen LogP contribution in [0.5, 0.6) is 5.75 Å². The number of aromatic nitrogens is 2. The van der Waals surface area contributed by atoms with Gasteiger partial charge in [0.1, 0.15) is 23.5 Å².